The SMILES string of the molecule is CCN(Cc1cccc(C[C@@H](NC(=O)CC(NS(=O)(=O)c2ccc3ccccc3c2)c2ccc3c(c2)OCO3)C(=O)N(C)C(C)C)c1)C(C)(C)C. The van der Waals surface area contributed by atoms with Gasteiger partial charge < -0.3 is 19.7 Å². The van der Waals surface area contributed by atoms with E-state index in [9.17, 15) is 18.0 Å². The molecule has 1 unspecified atom stereocenters. The van der Waals surface area contributed by atoms with Crippen LogP contribution in [0, 0.1) is 0 Å². The van der Waals surface area contributed by atoms with Gasteiger partial charge in [-0.2, -0.15) is 0 Å². The van der Waals surface area contributed by atoms with Crippen LogP contribution in [0.25, 0.3) is 10.8 Å². The molecule has 0 saturated carbocycles. The summed E-state index contributed by atoms with van der Waals surface area (Å²) in [4.78, 5) is 31.8. The molecule has 0 aromatic heterocycles. The highest BCUT2D eigenvalue weighted by Gasteiger charge is 2.30. The van der Waals surface area contributed by atoms with Crippen LogP contribution in [0.3, 0.4) is 0 Å². The lowest BCUT2D eigenvalue weighted by molar-refractivity contribution is -0.136. The number of hydrogen-bond donors (Lipinski definition) is 2. The molecule has 2 atom stereocenters. The van der Waals surface area contributed by atoms with E-state index in [2.05, 4.69) is 54.8 Å². The number of hydrogen-bond acceptors (Lipinski definition) is 7. The first-order chi connectivity index (χ1) is 24.1. The van der Waals surface area contributed by atoms with E-state index in [1.807, 2.05) is 50.2 Å². The number of nitrogens with one attached hydrogen (secondary N) is 2. The maximum Gasteiger partial charge on any atom is 0.245 e. The molecule has 4 aromatic rings. The molecule has 272 valence electrons. The van der Waals surface area contributed by atoms with Gasteiger partial charge in [0.1, 0.15) is 6.04 Å². The molecule has 11 heteroatoms. The number of ether oxygens (including phenoxy) is 2. The number of likely N-dealkylation sites (N-methyl/N-ethyl adjacent to an activating group) is 1. The van der Waals surface area contributed by atoms with Gasteiger partial charge in [0.2, 0.25) is 28.6 Å². The molecule has 0 fully saturated rings. The molecule has 2 amide bonds. The van der Waals surface area contributed by atoms with Crippen LogP contribution < -0.4 is 19.5 Å². The molecule has 51 heavy (non-hydrogen) atoms. The van der Waals surface area contributed by atoms with E-state index >= 15 is 0 Å². The second-order valence-corrected chi connectivity index (χ2v) is 16.1. The summed E-state index contributed by atoms with van der Waals surface area (Å²) in [5, 5.41) is 4.65. The van der Waals surface area contributed by atoms with Crippen LogP contribution in [0.1, 0.15) is 70.7 Å². The fraction of sp³-hybridized carbons (Fsp3) is 0.400. The zero-order valence-corrected chi connectivity index (χ0v) is 31.4. The maximum atomic E-state index is 13.9. The van der Waals surface area contributed by atoms with Crippen LogP contribution in [0.4, 0.5) is 0 Å². The third-order valence-electron chi connectivity index (χ3n) is 9.41. The summed E-state index contributed by atoms with van der Waals surface area (Å²) in [7, 11) is -2.37. The average molecular weight is 715 g/mol. The fourth-order valence-corrected chi connectivity index (χ4v) is 7.48. The van der Waals surface area contributed by atoms with Gasteiger partial charge >= 0.3 is 0 Å². The summed E-state index contributed by atoms with van der Waals surface area (Å²) in [6.07, 6.45) is 0.00728. The summed E-state index contributed by atoms with van der Waals surface area (Å²) in [5.41, 5.74) is 2.54. The summed E-state index contributed by atoms with van der Waals surface area (Å²) in [6, 6.07) is 23.7. The molecule has 1 aliphatic heterocycles. The lowest BCUT2D eigenvalue weighted by atomic mass is 9.99. The van der Waals surface area contributed by atoms with Crippen molar-refractivity contribution in [2.45, 2.75) is 89.5 Å². The Hall–Kier alpha value is -4.45. The fourth-order valence-electron chi connectivity index (χ4n) is 6.22. The van der Waals surface area contributed by atoms with E-state index in [0.29, 0.717) is 17.1 Å². The monoisotopic (exact) mass is 714 g/mol. The number of sulfonamides is 1. The van der Waals surface area contributed by atoms with Crippen LogP contribution in [-0.2, 0) is 32.6 Å². The van der Waals surface area contributed by atoms with Crippen molar-refractivity contribution in [3.8, 4) is 11.5 Å². The molecule has 5 rings (SSSR count). The number of fused-ring (bicyclic) bond motifs is 2. The molecule has 0 saturated heterocycles. The number of benzene rings is 4. The minimum atomic E-state index is -4.09. The summed E-state index contributed by atoms with van der Waals surface area (Å²) in [6.45, 7) is 14.2. The van der Waals surface area contributed by atoms with E-state index in [-0.39, 0.29) is 42.0 Å². The molecule has 0 aliphatic carbocycles. The van der Waals surface area contributed by atoms with Gasteiger partial charge in [0.05, 0.1) is 10.9 Å². The molecule has 0 radical (unpaired) electrons. The highest BCUT2D eigenvalue weighted by molar-refractivity contribution is 7.89. The molecule has 1 aliphatic rings. The van der Waals surface area contributed by atoms with Crippen LogP contribution in [0.15, 0.2) is 89.8 Å². The minimum absolute atomic E-state index is 0.0124. The lowest BCUT2D eigenvalue weighted by Crippen LogP contribution is -2.50. The van der Waals surface area contributed by atoms with Crippen LogP contribution in [0.2, 0.25) is 0 Å². The standard InChI is InChI=1S/C40H50N4O6S/c1-8-44(40(4,5)6)25-29-13-11-12-28(20-29)21-35(39(46)43(7)27(2)3)41-38(45)24-34(32-17-19-36-37(23-32)50-26-49-36)42-51(47,48)33-18-16-30-14-9-10-15-31(30)22-33/h9-20,22-23,27,34-35,42H,8,21,24-26H2,1-7H3,(H,41,45)/t34?,35-/m1/s1. The Kier molecular flexibility index (Phi) is 11.7. The van der Waals surface area contributed by atoms with E-state index in [1.165, 1.54) is 0 Å². The first-order valence-corrected chi connectivity index (χ1v) is 18.9. The molecule has 1 heterocycles. The second kappa shape index (κ2) is 15.8. The number of nitrogens with zero attached hydrogens (tertiary/aromatic N) is 2. The number of amides is 2. The zero-order valence-electron chi connectivity index (χ0n) is 30.6. The molecule has 2 N–H and O–H groups in total. The van der Waals surface area contributed by atoms with Crippen LogP contribution in [0.5, 0.6) is 11.5 Å². The Bertz CT molecular complexity index is 1970. The highest BCUT2D eigenvalue weighted by Crippen LogP contribution is 2.35. The van der Waals surface area contributed by atoms with Gasteiger partial charge in [0.25, 0.3) is 0 Å². The third-order valence-corrected chi connectivity index (χ3v) is 10.9. The lowest BCUT2D eigenvalue weighted by Gasteiger charge is -2.35. The second-order valence-electron chi connectivity index (χ2n) is 14.4. The van der Waals surface area contributed by atoms with E-state index in [1.54, 1.807) is 48.3 Å². The largest absolute Gasteiger partial charge is 0.454 e. The van der Waals surface area contributed by atoms with Gasteiger partial charge in [-0.05, 0) is 92.9 Å². The van der Waals surface area contributed by atoms with Crippen molar-refractivity contribution >= 4 is 32.6 Å². The molecule has 0 bridgehead atoms. The van der Waals surface area contributed by atoms with Crippen LogP contribution in [-0.4, -0.2) is 68.0 Å². The Morgan fingerprint density at radius 2 is 1.57 bits per heavy atom. The summed E-state index contributed by atoms with van der Waals surface area (Å²) in [5.74, 6) is 0.288. The number of carbonyl (C=O) groups is 2. The zero-order chi connectivity index (χ0) is 36.9. The van der Waals surface area contributed by atoms with E-state index in [0.717, 1.165) is 35.0 Å². The summed E-state index contributed by atoms with van der Waals surface area (Å²) >= 11 is 0. The van der Waals surface area contributed by atoms with Crippen molar-refractivity contribution < 1.29 is 27.5 Å². The first kappa shape index (κ1) is 37.8. The van der Waals surface area contributed by atoms with Gasteiger partial charge in [0, 0.05) is 38.0 Å². The van der Waals surface area contributed by atoms with Crippen molar-refractivity contribution in [2.75, 3.05) is 20.4 Å². The topological polar surface area (TPSA) is 117 Å². The van der Waals surface area contributed by atoms with Gasteiger partial charge in [-0.25, -0.2) is 13.1 Å². The Balaban J connectivity index is 1.41. The quantitative estimate of drug-likeness (QED) is 0.160. The van der Waals surface area contributed by atoms with Gasteiger partial charge in [-0.15, -0.1) is 0 Å². The average Bonchev–Trinajstić information content (AvgIpc) is 3.57. The molecular formula is C40H50N4O6S. The predicted molar refractivity (Wildman–Crippen MR) is 200 cm³/mol. The maximum absolute atomic E-state index is 13.9. The van der Waals surface area contributed by atoms with Gasteiger partial charge in [-0.3, -0.25) is 14.5 Å². The normalized spacial score (nSPS) is 14.1. The summed E-state index contributed by atoms with van der Waals surface area (Å²) < 4.78 is 41.5. The van der Waals surface area contributed by atoms with Crippen molar-refractivity contribution in [1.82, 2.24) is 19.8 Å². The molecule has 0 spiro atoms. The van der Waals surface area contributed by atoms with Crippen molar-refractivity contribution in [1.29, 1.82) is 0 Å². The van der Waals surface area contributed by atoms with E-state index in [4.69, 9.17) is 9.47 Å². The molecular weight excluding hydrogens is 665 g/mol. The van der Waals surface area contributed by atoms with Crippen molar-refractivity contribution in [3.05, 3.63) is 102 Å². The van der Waals surface area contributed by atoms with Crippen LogP contribution >= 0.6 is 0 Å². The molecule has 10 nitrogen and oxygen atoms in total. The smallest absolute Gasteiger partial charge is 0.245 e. The van der Waals surface area contributed by atoms with Crippen molar-refractivity contribution in [2.24, 2.45) is 0 Å². The predicted octanol–water partition coefficient (Wildman–Crippen LogP) is 6.19. The Labute approximate surface area is 302 Å². The molecule has 4 aromatic carbocycles. The van der Waals surface area contributed by atoms with Gasteiger partial charge in [-0.1, -0.05) is 67.6 Å². The number of carbonyl (C=O) groups excluding carboxylic acids is 2. The van der Waals surface area contributed by atoms with Gasteiger partial charge in [0.15, 0.2) is 11.5 Å². The third kappa shape index (κ3) is 9.46. The first-order valence-electron chi connectivity index (χ1n) is 17.4. The van der Waals surface area contributed by atoms with E-state index < -0.39 is 28.0 Å². The highest BCUT2D eigenvalue weighted by atomic mass is 32.2. The Morgan fingerprint density at radius 3 is 2.27 bits per heavy atom. The van der Waals surface area contributed by atoms with Crippen molar-refractivity contribution in [3.63, 3.8) is 0 Å². The number of rotatable bonds is 14. The minimum Gasteiger partial charge on any atom is -0.454 e. The Morgan fingerprint density at radius 1 is 0.863 bits per heavy atom.